The fraction of sp³-hybridized carbons (Fsp3) is 0.0769. The maximum absolute atomic E-state index is 12.4. The SMILES string of the molecule is COc1ccc(NC(=O)c2sccc2-n2cnnn2)c(Cl)c1. The van der Waals surface area contributed by atoms with Crippen molar-refractivity contribution in [1.29, 1.82) is 0 Å². The van der Waals surface area contributed by atoms with Gasteiger partial charge in [0.15, 0.2) is 0 Å². The molecule has 7 nitrogen and oxygen atoms in total. The molecule has 112 valence electrons. The second-order valence-electron chi connectivity index (χ2n) is 4.19. The van der Waals surface area contributed by atoms with Gasteiger partial charge in [0.05, 0.1) is 23.5 Å². The minimum atomic E-state index is -0.285. The van der Waals surface area contributed by atoms with Crippen LogP contribution in [0.3, 0.4) is 0 Å². The fourth-order valence-electron chi connectivity index (χ4n) is 1.83. The van der Waals surface area contributed by atoms with Crippen molar-refractivity contribution in [2.75, 3.05) is 12.4 Å². The van der Waals surface area contributed by atoms with Crippen molar-refractivity contribution in [3.63, 3.8) is 0 Å². The van der Waals surface area contributed by atoms with Gasteiger partial charge in [0.25, 0.3) is 5.91 Å². The zero-order valence-electron chi connectivity index (χ0n) is 11.4. The van der Waals surface area contributed by atoms with Crippen LogP contribution in [-0.2, 0) is 0 Å². The molecular weight excluding hydrogens is 326 g/mol. The van der Waals surface area contributed by atoms with E-state index in [-0.39, 0.29) is 5.91 Å². The van der Waals surface area contributed by atoms with E-state index in [2.05, 4.69) is 20.8 Å². The first-order valence-electron chi connectivity index (χ1n) is 6.15. The quantitative estimate of drug-likeness (QED) is 0.792. The number of nitrogens with zero attached hydrogens (tertiary/aromatic N) is 4. The van der Waals surface area contributed by atoms with Gasteiger partial charge in [0.1, 0.15) is 17.0 Å². The molecule has 1 amide bonds. The number of halogens is 1. The van der Waals surface area contributed by atoms with Gasteiger partial charge < -0.3 is 10.1 Å². The summed E-state index contributed by atoms with van der Waals surface area (Å²) in [6.07, 6.45) is 1.43. The lowest BCUT2D eigenvalue weighted by Gasteiger charge is -2.08. The number of hydrogen-bond donors (Lipinski definition) is 1. The third-order valence-corrected chi connectivity index (χ3v) is 4.09. The van der Waals surface area contributed by atoms with Gasteiger partial charge in [-0.25, -0.2) is 0 Å². The minimum absolute atomic E-state index is 0.285. The Kier molecular flexibility index (Phi) is 4.03. The van der Waals surface area contributed by atoms with Gasteiger partial charge in [0.2, 0.25) is 0 Å². The second-order valence-corrected chi connectivity index (χ2v) is 5.51. The number of nitrogens with one attached hydrogen (secondary N) is 1. The van der Waals surface area contributed by atoms with E-state index in [0.717, 1.165) is 0 Å². The van der Waals surface area contributed by atoms with E-state index in [1.54, 1.807) is 36.8 Å². The molecule has 0 saturated carbocycles. The number of anilines is 1. The zero-order chi connectivity index (χ0) is 15.5. The summed E-state index contributed by atoms with van der Waals surface area (Å²) in [7, 11) is 1.55. The summed E-state index contributed by atoms with van der Waals surface area (Å²) in [5.41, 5.74) is 1.11. The summed E-state index contributed by atoms with van der Waals surface area (Å²) in [6, 6.07) is 6.81. The zero-order valence-corrected chi connectivity index (χ0v) is 12.9. The maximum Gasteiger partial charge on any atom is 0.268 e. The van der Waals surface area contributed by atoms with Crippen LogP contribution in [0.15, 0.2) is 36.0 Å². The number of benzene rings is 1. The van der Waals surface area contributed by atoms with E-state index < -0.39 is 0 Å². The number of methoxy groups -OCH3 is 1. The van der Waals surface area contributed by atoms with Gasteiger partial charge in [-0.05, 0) is 34.0 Å². The van der Waals surface area contributed by atoms with Crippen LogP contribution in [0.25, 0.3) is 5.69 Å². The molecule has 2 heterocycles. The third-order valence-electron chi connectivity index (χ3n) is 2.87. The Morgan fingerprint density at radius 1 is 1.41 bits per heavy atom. The first-order valence-corrected chi connectivity index (χ1v) is 7.40. The van der Waals surface area contributed by atoms with Gasteiger partial charge >= 0.3 is 0 Å². The lowest BCUT2D eigenvalue weighted by atomic mass is 10.3. The van der Waals surface area contributed by atoms with Gasteiger partial charge in [0, 0.05) is 6.07 Å². The highest BCUT2D eigenvalue weighted by atomic mass is 35.5. The Morgan fingerprint density at radius 3 is 2.95 bits per heavy atom. The summed E-state index contributed by atoms with van der Waals surface area (Å²) in [5, 5.41) is 15.9. The van der Waals surface area contributed by atoms with Crippen LogP contribution < -0.4 is 10.1 Å². The van der Waals surface area contributed by atoms with Crippen molar-refractivity contribution in [3.8, 4) is 11.4 Å². The van der Waals surface area contributed by atoms with Crippen LogP contribution in [0.2, 0.25) is 5.02 Å². The summed E-state index contributed by atoms with van der Waals surface area (Å²) in [6.45, 7) is 0. The summed E-state index contributed by atoms with van der Waals surface area (Å²) in [5.74, 6) is 0.334. The standard InChI is InChI=1S/C13H10ClN5O2S/c1-21-8-2-3-10(9(14)6-8)16-13(20)12-11(4-5-22-12)19-7-15-17-18-19/h2-7H,1H3,(H,16,20). The number of aromatic nitrogens is 4. The highest BCUT2D eigenvalue weighted by Gasteiger charge is 2.17. The van der Waals surface area contributed by atoms with Crippen LogP contribution >= 0.6 is 22.9 Å². The molecule has 0 saturated heterocycles. The van der Waals surface area contributed by atoms with Crippen LogP contribution in [0.5, 0.6) is 5.75 Å². The fourth-order valence-corrected chi connectivity index (χ4v) is 2.82. The number of tetrazole rings is 1. The highest BCUT2D eigenvalue weighted by molar-refractivity contribution is 7.12. The Hall–Kier alpha value is -2.45. The number of carbonyl (C=O) groups excluding carboxylic acids is 1. The molecule has 1 N–H and O–H groups in total. The molecule has 0 fully saturated rings. The molecule has 0 aliphatic heterocycles. The Labute approximate surface area is 134 Å². The summed E-state index contributed by atoms with van der Waals surface area (Å²) < 4.78 is 6.51. The number of hydrogen-bond acceptors (Lipinski definition) is 6. The molecule has 9 heteroatoms. The van der Waals surface area contributed by atoms with Crippen molar-refractivity contribution < 1.29 is 9.53 Å². The average molecular weight is 336 g/mol. The smallest absolute Gasteiger partial charge is 0.268 e. The lowest BCUT2D eigenvalue weighted by Crippen LogP contribution is -2.13. The molecular formula is C13H10ClN5O2S. The largest absolute Gasteiger partial charge is 0.497 e. The average Bonchev–Trinajstić information content (AvgIpc) is 3.19. The van der Waals surface area contributed by atoms with Crippen molar-refractivity contribution in [2.45, 2.75) is 0 Å². The Morgan fingerprint density at radius 2 is 2.27 bits per heavy atom. The molecule has 0 atom stereocenters. The lowest BCUT2D eigenvalue weighted by molar-refractivity contribution is 0.103. The maximum atomic E-state index is 12.4. The number of carbonyl (C=O) groups is 1. The van der Waals surface area contributed by atoms with Crippen LogP contribution in [0, 0.1) is 0 Å². The van der Waals surface area contributed by atoms with Gasteiger partial charge in [-0.1, -0.05) is 11.6 Å². The van der Waals surface area contributed by atoms with Crippen LogP contribution in [-0.4, -0.2) is 33.2 Å². The van der Waals surface area contributed by atoms with E-state index in [9.17, 15) is 4.79 Å². The van der Waals surface area contributed by atoms with E-state index >= 15 is 0 Å². The first kappa shape index (κ1) is 14.5. The Balaban J connectivity index is 1.86. The monoisotopic (exact) mass is 335 g/mol. The number of thiophene rings is 1. The van der Waals surface area contributed by atoms with Crippen molar-refractivity contribution in [1.82, 2.24) is 20.2 Å². The summed E-state index contributed by atoms with van der Waals surface area (Å²) >= 11 is 7.42. The predicted molar refractivity (Wildman–Crippen MR) is 83.0 cm³/mol. The third kappa shape index (κ3) is 2.78. The van der Waals surface area contributed by atoms with E-state index in [0.29, 0.717) is 27.0 Å². The van der Waals surface area contributed by atoms with Crippen molar-refractivity contribution in [2.24, 2.45) is 0 Å². The van der Waals surface area contributed by atoms with E-state index in [4.69, 9.17) is 16.3 Å². The number of ether oxygens (including phenoxy) is 1. The molecule has 0 unspecified atom stereocenters. The minimum Gasteiger partial charge on any atom is -0.497 e. The molecule has 0 aliphatic carbocycles. The molecule has 22 heavy (non-hydrogen) atoms. The molecule has 0 aliphatic rings. The molecule has 3 aromatic rings. The van der Waals surface area contributed by atoms with E-state index in [1.807, 2.05) is 0 Å². The second kappa shape index (κ2) is 6.12. The molecule has 3 rings (SSSR count). The highest BCUT2D eigenvalue weighted by Crippen LogP contribution is 2.28. The Bertz CT molecular complexity index is 803. The van der Waals surface area contributed by atoms with Crippen molar-refractivity contribution in [3.05, 3.63) is 45.9 Å². The van der Waals surface area contributed by atoms with Crippen molar-refractivity contribution >= 4 is 34.5 Å². The molecule has 2 aromatic heterocycles. The van der Waals surface area contributed by atoms with Gasteiger partial charge in [-0.2, -0.15) is 4.68 Å². The molecule has 1 aromatic carbocycles. The van der Waals surface area contributed by atoms with Crippen LogP contribution in [0.4, 0.5) is 5.69 Å². The molecule has 0 radical (unpaired) electrons. The number of rotatable bonds is 4. The first-order chi connectivity index (χ1) is 10.7. The van der Waals surface area contributed by atoms with Gasteiger partial charge in [-0.3, -0.25) is 4.79 Å². The topological polar surface area (TPSA) is 81.9 Å². The normalized spacial score (nSPS) is 10.5. The van der Waals surface area contributed by atoms with Gasteiger partial charge in [-0.15, -0.1) is 16.4 Å². The van der Waals surface area contributed by atoms with Crippen LogP contribution in [0.1, 0.15) is 9.67 Å². The summed E-state index contributed by atoms with van der Waals surface area (Å²) in [4.78, 5) is 12.9. The number of amides is 1. The predicted octanol–water partition coefficient (Wildman–Crippen LogP) is 2.64. The molecule has 0 spiro atoms. The van der Waals surface area contributed by atoms with E-state index in [1.165, 1.54) is 22.3 Å². The molecule has 0 bridgehead atoms.